The van der Waals surface area contributed by atoms with Crippen molar-refractivity contribution in [2.24, 2.45) is 5.92 Å². The Balaban J connectivity index is 3.69. The number of unbranched alkanes of at least 4 members (excludes halogenated alkanes) is 17. The van der Waals surface area contributed by atoms with Gasteiger partial charge in [-0.1, -0.05) is 130 Å². The molecular weight excluding hydrogens is 436 g/mol. The molecule has 0 aliphatic heterocycles. The van der Waals surface area contributed by atoms with Crippen LogP contribution >= 0.6 is 0 Å². The second-order valence-electron chi connectivity index (χ2n) is 10.6. The van der Waals surface area contributed by atoms with E-state index in [1.165, 1.54) is 89.9 Å². The van der Waals surface area contributed by atoms with Crippen molar-refractivity contribution in [1.29, 1.82) is 0 Å². The Morgan fingerprint density at radius 1 is 0.657 bits per heavy atom. The Morgan fingerprint density at radius 3 is 1.57 bits per heavy atom. The van der Waals surface area contributed by atoms with E-state index in [4.69, 9.17) is 5.11 Å². The summed E-state index contributed by atoms with van der Waals surface area (Å²) in [6, 6.07) is -0.452. The van der Waals surface area contributed by atoms with Crippen molar-refractivity contribution in [2.45, 2.75) is 162 Å². The molecule has 208 valence electrons. The third-order valence-electron chi connectivity index (χ3n) is 7.20. The van der Waals surface area contributed by atoms with E-state index < -0.39 is 6.04 Å². The van der Waals surface area contributed by atoms with Crippen LogP contribution in [0.5, 0.6) is 0 Å². The molecule has 0 radical (unpaired) electrons. The van der Waals surface area contributed by atoms with Gasteiger partial charge in [-0.05, 0) is 25.2 Å². The summed E-state index contributed by atoms with van der Waals surface area (Å²) >= 11 is 0. The number of nitrogens with one attached hydrogen (secondary N) is 2. The molecule has 0 bridgehead atoms. The first-order valence-corrected chi connectivity index (χ1v) is 15.2. The first-order chi connectivity index (χ1) is 17.1. The number of rotatable bonds is 26. The summed E-state index contributed by atoms with van der Waals surface area (Å²) in [5.41, 5.74) is 0. The van der Waals surface area contributed by atoms with Crippen LogP contribution in [0, 0.1) is 5.92 Å². The third kappa shape index (κ3) is 21.9. The van der Waals surface area contributed by atoms with Crippen molar-refractivity contribution in [2.75, 3.05) is 13.2 Å². The predicted molar refractivity (Wildman–Crippen MR) is 149 cm³/mol. The van der Waals surface area contributed by atoms with Gasteiger partial charge in [-0.25, -0.2) is 0 Å². The monoisotopic (exact) mass is 496 g/mol. The first-order valence-electron chi connectivity index (χ1n) is 15.2. The quantitative estimate of drug-likeness (QED) is 0.109. The molecule has 0 aliphatic rings. The molecule has 5 nitrogen and oxygen atoms in total. The molecule has 3 N–H and O–H groups in total. The molecular formula is C30H60N2O3. The molecule has 0 heterocycles. The Bertz CT molecular complexity index is 484. The average Bonchev–Trinajstić information content (AvgIpc) is 2.86. The maximum atomic E-state index is 12.7. The standard InChI is InChI=1S/C30H60N2O3/c1-4-6-7-8-9-10-11-12-13-14-15-16-17-18-19-22-25-31-30(35)29(27(3)5-2)32-28(34)24-21-20-23-26-33/h27,29,33H,4-26H2,1-3H3,(H,31,35)(H,32,34)/t27-,29-/m0/s1. The van der Waals surface area contributed by atoms with E-state index >= 15 is 0 Å². The Kier molecular flexibility index (Phi) is 25.2. The van der Waals surface area contributed by atoms with E-state index in [2.05, 4.69) is 17.6 Å². The minimum Gasteiger partial charge on any atom is -0.396 e. The fourth-order valence-electron chi connectivity index (χ4n) is 4.52. The smallest absolute Gasteiger partial charge is 0.242 e. The van der Waals surface area contributed by atoms with Gasteiger partial charge < -0.3 is 15.7 Å². The van der Waals surface area contributed by atoms with Crippen LogP contribution in [0.3, 0.4) is 0 Å². The molecule has 0 aliphatic carbocycles. The van der Waals surface area contributed by atoms with Crippen LogP contribution < -0.4 is 10.6 Å². The molecule has 0 aromatic rings. The Labute approximate surface area is 218 Å². The molecule has 0 spiro atoms. The largest absolute Gasteiger partial charge is 0.396 e. The fraction of sp³-hybridized carbons (Fsp3) is 0.933. The van der Waals surface area contributed by atoms with E-state index in [0.29, 0.717) is 13.0 Å². The Hall–Kier alpha value is -1.10. The first kappa shape index (κ1) is 33.9. The summed E-state index contributed by atoms with van der Waals surface area (Å²) in [5.74, 6) is -0.00278. The van der Waals surface area contributed by atoms with E-state index in [0.717, 1.165) is 38.5 Å². The summed E-state index contributed by atoms with van der Waals surface area (Å²) in [7, 11) is 0. The van der Waals surface area contributed by atoms with Crippen molar-refractivity contribution in [3.8, 4) is 0 Å². The van der Waals surface area contributed by atoms with Gasteiger partial charge in [0.1, 0.15) is 6.04 Å². The lowest BCUT2D eigenvalue weighted by molar-refractivity contribution is -0.130. The van der Waals surface area contributed by atoms with Crippen LogP contribution in [0.1, 0.15) is 156 Å². The van der Waals surface area contributed by atoms with E-state index in [1.807, 2.05) is 13.8 Å². The number of amides is 2. The highest BCUT2D eigenvalue weighted by Crippen LogP contribution is 2.14. The minimum atomic E-state index is -0.452. The van der Waals surface area contributed by atoms with Crippen LogP contribution in [0.15, 0.2) is 0 Å². The molecule has 0 saturated carbocycles. The maximum absolute atomic E-state index is 12.7. The second-order valence-corrected chi connectivity index (χ2v) is 10.6. The van der Waals surface area contributed by atoms with Crippen LogP contribution in [-0.2, 0) is 9.59 Å². The van der Waals surface area contributed by atoms with Crippen LogP contribution in [-0.4, -0.2) is 36.1 Å². The lowest BCUT2D eigenvalue weighted by atomic mass is 9.98. The molecule has 0 aromatic carbocycles. The number of aliphatic hydroxyl groups excluding tert-OH is 1. The van der Waals surface area contributed by atoms with Crippen molar-refractivity contribution in [3.63, 3.8) is 0 Å². The van der Waals surface area contributed by atoms with E-state index in [9.17, 15) is 9.59 Å². The van der Waals surface area contributed by atoms with Crippen LogP contribution in [0.4, 0.5) is 0 Å². The summed E-state index contributed by atoms with van der Waals surface area (Å²) in [6.07, 6.45) is 25.1. The lowest BCUT2D eigenvalue weighted by Gasteiger charge is -2.23. The van der Waals surface area contributed by atoms with Gasteiger partial charge in [0, 0.05) is 19.6 Å². The summed E-state index contributed by atoms with van der Waals surface area (Å²) in [5, 5.41) is 14.8. The third-order valence-corrected chi connectivity index (χ3v) is 7.20. The average molecular weight is 497 g/mol. The normalized spacial score (nSPS) is 12.9. The van der Waals surface area contributed by atoms with Crippen molar-refractivity contribution in [3.05, 3.63) is 0 Å². The summed E-state index contributed by atoms with van der Waals surface area (Å²) in [6.45, 7) is 7.20. The second kappa shape index (κ2) is 26.0. The highest BCUT2D eigenvalue weighted by Gasteiger charge is 2.25. The number of carbonyl (C=O) groups is 2. The molecule has 2 amide bonds. The highest BCUT2D eigenvalue weighted by molar-refractivity contribution is 5.87. The predicted octanol–water partition coefficient (Wildman–Crippen LogP) is 7.45. The molecule has 2 atom stereocenters. The van der Waals surface area contributed by atoms with Gasteiger partial charge in [0.05, 0.1) is 0 Å². The van der Waals surface area contributed by atoms with Crippen molar-refractivity contribution >= 4 is 11.8 Å². The summed E-state index contributed by atoms with van der Waals surface area (Å²) in [4.78, 5) is 24.9. The van der Waals surface area contributed by atoms with Gasteiger partial charge in [0.15, 0.2) is 0 Å². The van der Waals surface area contributed by atoms with Gasteiger partial charge in [-0.2, -0.15) is 0 Å². The van der Waals surface area contributed by atoms with Gasteiger partial charge in [0.25, 0.3) is 0 Å². The van der Waals surface area contributed by atoms with Gasteiger partial charge in [0.2, 0.25) is 11.8 Å². The van der Waals surface area contributed by atoms with Gasteiger partial charge in [-0.3, -0.25) is 9.59 Å². The topological polar surface area (TPSA) is 78.4 Å². The number of aliphatic hydroxyl groups is 1. The summed E-state index contributed by atoms with van der Waals surface area (Å²) < 4.78 is 0. The van der Waals surface area contributed by atoms with Crippen molar-refractivity contribution < 1.29 is 14.7 Å². The van der Waals surface area contributed by atoms with E-state index in [-0.39, 0.29) is 24.3 Å². The van der Waals surface area contributed by atoms with Gasteiger partial charge >= 0.3 is 0 Å². The minimum absolute atomic E-state index is 0.0518. The number of hydrogen-bond donors (Lipinski definition) is 3. The molecule has 0 rings (SSSR count). The maximum Gasteiger partial charge on any atom is 0.242 e. The van der Waals surface area contributed by atoms with Gasteiger partial charge in [-0.15, -0.1) is 0 Å². The number of carbonyl (C=O) groups excluding carboxylic acids is 2. The van der Waals surface area contributed by atoms with Crippen molar-refractivity contribution in [1.82, 2.24) is 10.6 Å². The SMILES string of the molecule is CCCCCCCCCCCCCCCCCCNC(=O)[C@@H](NC(=O)CCCCCO)[C@@H](C)CC. The lowest BCUT2D eigenvalue weighted by Crippen LogP contribution is -2.50. The molecule has 0 aromatic heterocycles. The fourth-order valence-corrected chi connectivity index (χ4v) is 4.52. The molecule has 5 heteroatoms. The Morgan fingerprint density at radius 2 is 1.11 bits per heavy atom. The van der Waals surface area contributed by atoms with Crippen LogP contribution in [0.25, 0.3) is 0 Å². The highest BCUT2D eigenvalue weighted by atomic mass is 16.3. The zero-order valence-corrected chi connectivity index (χ0v) is 23.7. The van der Waals surface area contributed by atoms with E-state index in [1.54, 1.807) is 0 Å². The number of hydrogen-bond acceptors (Lipinski definition) is 3. The zero-order chi connectivity index (χ0) is 26.0. The molecule has 0 saturated heterocycles. The molecule has 0 unspecified atom stereocenters. The van der Waals surface area contributed by atoms with Crippen LogP contribution in [0.2, 0.25) is 0 Å². The zero-order valence-electron chi connectivity index (χ0n) is 23.7. The molecule has 35 heavy (non-hydrogen) atoms. The molecule has 0 fully saturated rings.